The molecule has 2 aromatic heterocycles. The van der Waals surface area contributed by atoms with Gasteiger partial charge in [-0.15, -0.1) is 0 Å². The van der Waals surface area contributed by atoms with E-state index >= 15 is 8.78 Å². The van der Waals surface area contributed by atoms with Crippen molar-refractivity contribution in [1.29, 1.82) is 5.41 Å². The van der Waals surface area contributed by atoms with Crippen LogP contribution in [0, 0.1) is 23.0 Å². The molecule has 5 rings (SSSR count). The van der Waals surface area contributed by atoms with Gasteiger partial charge >= 0.3 is 0 Å². The maximum absolute atomic E-state index is 15.4. The molecule has 0 unspecified atom stereocenters. The van der Waals surface area contributed by atoms with E-state index in [0.29, 0.717) is 18.7 Å². The lowest BCUT2D eigenvalue weighted by molar-refractivity contribution is 0.275. The minimum Gasteiger partial charge on any atom is -0.486 e. The van der Waals surface area contributed by atoms with Gasteiger partial charge < -0.3 is 20.7 Å². The summed E-state index contributed by atoms with van der Waals surface area (Å²) < 4.78 is 36.0. The van der Waals surface area contributed by atoms with E-state index < -0.39 is 11.6 Å². The molecule has 0 atom stereocenters. The summed E-state index contributed by atoms with van der Waals surface area (Å²) in [5, 5.41) is 12.7. The van der Waals surface area contributed by atoms with Crippen molar-refractivity contribution in [2.24, 2.45) is 5.92 Å². The van der Waals surface area contributed by atoms with Gasteiger partial charge in [0, 0.05) is 48.5 Å². The Labute approximate surface area is 223 Å². The molecule has 194 valence electrons. The molecular formula is C26H26Cl2F2N6O. The van der Waals surface area contributed by atoms with Crippen LogP contribution in [-0.2, 0) is 6.61 Å². The Bertz CT molecular complexity index is 1340. The van der Waals surface area contributed by atoms with Crippen molar-refractivity contribution >= 4 is 40.4 Å². The monoisotopic (exact) mass is 546 g/mol. The first kappa shape index (κ1) is 25.6. The number of hydrogen-bond donors (Lipinski definition) is 3. The maximum atomic E-state index is 15.4. The Kier molecular flexibility index (Phi) is 6.95. The summed E-state index contributed by atoms with van der Waals surface area (Å²) >= 11 is 12.2. The topological polar surface area (TPSA) is 100 Å². The Hall–Kier alpha value is -3.01. The predicted molar refractivity (Wildman–Crippen MR) is 141 cm³/mol. The van der Waals surface area contributed by atoms with Gasteiger partial charge in [0.25, 0.3) is 0 Å². The standard InChI is InChI=1S/C26H26Cl2F2N6O/c1-26(35-7-14-2-3-14)12-36(13-26)25-19(29)6-15(8-34-25)24(32)22-20(31)4-5-21(23(22)30)37-11-16-17(27)9-33-10-18(16)28/h4-6,8-10,14,32,35H,2-3,7,11-13,31H2,1H3. The molecule has 11 heteroatoms. The molecule has 37 heavy (non-hydrogen) atoms. The lowest BCUT2D eigenvalue weighted by Gasteiger charge is -2.49. The molecule has 1 saturated heterocycles. The normalized spacial score (nSPS) is 16.4. The number of rotatable bonds is 9. The van der Waals surface area contributed by atoms with Crippen molar-refractivity contribution in [3.63, 3.8) is 0 Å². The zero-order valence-electron chi connectivity index (χ0n) is 20.1. The minimum absolute atomic E-state index is 0.0135. The van der Waals surface area contributed by atoms with Crippen molar-refractivity contribution in [1.82, 2.24) is 15.3 Å². The molecule has 3 aromatic rings. The molecule has 4 N–H and O–H groups in total. The quantitative estimate of drug-likeness (QED) is 0.251. The van der Waals surface area contributed by atoms with Crippen molar-refractivity contribution in [3.8, 4) is 5.75 Å². The first-order valence-electron chi connectivity index (χ1n) is 11.9. The molecule has 0 bridgehead atoms. The van der Waals surface area contributed by atoms with Crippen LogP contribution < -0.4 is 20.7 Å². The molecule has 0 radical (unpaired) electrons. The van der Waals surface area contributed by atoms with E-state index in [-0.39, 0.29) is 56.3 Å². The third-order valence-corrected chi connectivity index (χ3v) is 7.37. The fourth-order valence-corrected chi connectivity index (χ4v) is 4.85. The van der Waals surface area contributed by atoms with Crippen LogP contribution in [0.4, 0.5) is 20.3 Å². The van der Waals surface area contributed by atoms with Gasteiger partial charge in [-0.1, -0.05) is 23.2 Å². The Balaban J connectivity index is 1.31. The number of aromatic nitrogens is 2. The molecule has 2 fully saturated rings. The third-order valence-electron chi connectivity index (χ3n) is 6.72. The van der Waals surface area contributed by atoms with Crippen LogP contribution in [0.3, 0.4) is 0 Å². The van der Waals surface area contributed by atoms with Gasteiger partial charge in [0.2, 0.25) is 0 Å². The molecule has 0 spiro atoms. The highest BCUT2D eigenvalue weighted by Crippen LogP contribution is 2.33. The molecule has 1 saturated carbocycles. The van der Waals surface area contributed by atoms with E-state index in [2.05, 4.69) is 22.2 Å². The number of halogens is 4. The number of nitrogen functional groups attached to an aromatic ring is 1. The lowest BCUT2D eigenvalue weighted by atomic mass is 9.91. The second kappa shape index (κ2) is 10.0. The van der Waals surface area contributed by atoms with Crippen molar-refractivity contribution < 1.29 is 13.5 Å². The number of nitrogens with two attached hydrogens (primary N) is 1. The van der Waals surface area contributed by atoms with Gasteiger partial charge in [0.15, 0.2) is 23.2 Å². The summed E-state index contributed by atoms with van der Waals surface area (Å²) in [5.74, 6) is -0.620. The van der Waals surface area contributed by atoms with Gasteiger partial charge in [0.1, 0.15) is 6.61 Å². The smallest absolute Gasteiger partial charge is 0.176 e. The second-order valence-electron chi connectivity index (χ2n) is 9.86. The van der Waals surface area contributed by atoms with Gasteiger partial charge in [-0.05, 0) is 50.4 Å². The van der Waals surface area contributed by atoms with E-state index in [1.807, 2.05) is 4.90 Å². The zero-order chi connectivity index (χ0) is 26.3. The van der Waals surface area contributed by atoms with Gasteiger partial charge in [-0.3, -0.25) is 10.4 Å². The zero-order valence-corrected chi connectivity index (χ0v) is 21.6. The number of ether oxygens (including phenoxy) is 1. The molecule has 3 heterocycles. The van der Waals surface area contributed by atoms with E-state index in [1.54, 1.807) is 0 Å². The molecule has 2 aliphatic rings. The Morgan fingerprint density at radius 1 is 1.22 bits per heavy atom. The summed E-state index contributed by atoms with van der Waals surface area (Å²) in [6.07, 6.45) is 6.71. The van der Waals surface area contributed by atoms with E-state index in [1.165, 1.54) is 49.6 Å². The van der Waals surface area contributed by atoms with Gasteiger partial charge in [-0.25, -0.2) is 13.8 Å². The molecule has 1 aromatic carbocycles. The van der Waals surface area contributed by atoms with Crippen LogP contribution in [0.1, 0.15) is 36.5 Å². The average Bonchev–Trinajstić information content (AvgIpc) is 3.67. The summed E-state index contributed by atoms with van der Waals surface area (Å²) in [6, 6.07) is 3.96. The number of pyridine rings is 2. The number of hydrogen-bond acceptors (Lipinski definition) is 7. The average molecular weight is 547 g/mol. The molecule has 7 nitrogen and oxygen atoms in total. The van der Waals surface area contributed by atoms with Gasteiger partial charge in [-0.2, -0.15) is 0 Å². The SMILES string of the molecule is CC1(NCC2CC2)CN(c2ncc(C(=N)c3c(N)ccc(OCc4c(Cl)cncc4Cl)c3F)cc2F)C1. The van der Waals surface area contributed by atoms with E-state index in [9.17, 15) is 0 Å². The van der Waals surface area contributed by atoms with Crippen molar-refractivity contribution in [2.45, 2.75) is 31.9 Å². The molecule has 1 aliphatic heterocycles. The number of anilines is 2. The third kappa shape index (κ3) is 5.35. The molecule has 1 aliphatic carbocycles. The van der Waals surface area contributed by atoms with Gasteiger partial charge in [0.05, 0.1) is 26.9 Å². The van der Waals surface area contributed by atoms with Crippen molar-refractivity contribution in [2.75, 3.05) is 30.3 Å². The fourth-order valence-electron chi connectivity index (χ4n) is 4.38. The predicted octanol–water partition coefficient (Wildman–Crippen LogP) is 5.22. The number of benzene rings is 1. The lowest BCUT2D eigenvalue weighted by Crippen LogP contribution is -2.68. The van der Waals surface area contributed by atoms with Crippen LogP contribution in [0.15, 0.2) is 36.8 Å². The highest BCUT2D eigenvalue weighted by Gasteiger charge is 2.41. The van der Waals surface area contributed by atoms with Crippen molar-refractivity contribution in [3.05, 3.63) is 75.2 Å². The highest BCUT2D eigenvalue weighted by atomic mass is 35.5. The van der Waals surface area contributed by atoms with Crippen LogP contribution in [0.25, 0.3) is 0 Å². The fraction of sp³-hybridized carbons (Fsp3) is 0.346. The first-order valence-corrected chi connectivity index (χ1v) is 12.6. The van der Waals surface area contributed by atoms with Crippen LogP contribution in [0.5, 0.6) is 5.75 Å². The van der Waals surface area contributed by atoms with Crippen LogP contribution in [0.2, 0.25) is 10.0 Å². The highest BCUT2D eigenvalue weighted by molar-refractivity contribution is 6.35. The Morgan fingerprint density at radius 2 is 1.92 bits per heavy atom. The van der Waals surface area contributed by atoms with E-state index in [0.717, 1.165) is 12.5 Å². The molecule has 0 amide bonds. The summed E-state index contributed by atoms with van der Waals surface area (Å²) in [5.41, 5.74) is 5.96. The summed E-state index contributed by atoms with van der Waals surface area (Å²) in [7, 11) is 0. The first-order chi connectivity index (χ1) is 17.6. The number of nitrogens with one attached hydrogen (secondary N) is 2. The molecular weight excluding hydrogens is 521 g/mol. The largest absolute Gasteiger partial charge is 0.486 e. The minimum atomic E-state index is -0.851. The van der Waals surface area contributed by atoms with Crippen LogP contribution >= 0.6 is 23.2 Å². The summed E-state index contributed by atoms with van der Waals surface area (Å²) in [6.45, 7) is 4.24. The van der Waals surface area contributed by atoms with Crippen LogP contribution in [-0.4, -0.2) is 40.9 Å². The maximum Gasteiger partial charge on any atom is 0.176 e. The second-order valence-corrected chi connectivity index (χ2v) is 10.7. The summed E-state index contributed by atoms with van der Waals surface area (Å²) in [4.78, 5) is 9.97. The Morgan fingerprint density at radius 3 is 2.57 bits per heavy atom. The van der Waals surface area contributed by atoms with E-state index in [4.69, 9.17) is 39.1 Å². The number of nitrogens with zero attached hydrogens (tertiary/aromatic N) is 3.